The Morgan fingerprint density at radius 3 is 1.96 bits per heavy atom. The summed E-state index contributed by atoms with van der Waals surface area (Å²) in [4.78, 5) is 12.7. The van der Waals surface area contributed by atoms with Crippen molar-refractivity contribution in [1.82, 2.24) is 5.32 Å². The predicted octanol–water partition coefficient (Wildman–Crippen LogP) is 4.17. The van der Waals surface area contributed by atoms with Crippen molar-refractivity contribution in [3.63, 3.8) is 0 Å². The normalized spacial score (nSPS) is 11.3. The van der Waals surface area contributed by atoms with Gasteiger partial charge in [-0.15, -0.1) is 0 Å². The van der Waals surface area contributed by atoms with Crippen molar-refractivity contribution in [1.29, 1.82) is 0 Å². The maximum atomic E-state index is 13.2. The van der Waals surface area contributed by atoms with Crippen LogP contribution < -0.4 is 10.0 Å². The summed E-state index contributed by atoms with van der Waals surface area (Å²) in [7, 11) is -3.84. The van der Waals surface area contributed by atoms with E-state index in [-0.39, 0.29) is 16.5 Å². The van der Waals surface area contributed by atoms with E-state index < -0.39 is 10.0 Å². The smallest absolute Gasteiger partial charge is 0.262 e. The fourth-order valence-electron chi connectivity index (χ4n) is 3.17. The Bertz CT molecular complexity index is 950. The van der Waals surface area contributed by atoms with Gasteiger partial charge < -0.3 is 5.32 Å². The molecular weight excluding hydrogens is 360 g/mol. The molecule has 2 N–H and O–H groups in total. The second-order valence-electron chi connectivity index (χ2n) is 6.86. The van der Waals surface area contributed by atoms with Crippen LogP contribution in [-0.4, -0.2) is 20.9 Å². The van der Waals surface area contributed by atoms with Crippen LogP contribution in [0.5, 0.6) is 0 Å². The van der Waals surface area contributed by atoms with E-state index in [1.54, 1.807) is 24.3 Å². The van der Waals surface area contributed by atoms with Crippen molar-refractivity contribution < 1.29 is 13.2 Å². The van der Waals surface area contributed by atoms with Crippen LogP contribution in [0.3, 0.4) is 0 Å². The highest BCUT2D eigenvalue weighted by atomic mass is 32.2. The van der Waals surface area contributed by atoms with E-state index in [9.17, 15) is 13.2 Å². The van der Waals surface area contributed by atoms with Gasteiger partial charge in [-0.1, -0.05) is 19.1 Å². The molecule has 0 atom stereocenters. The zero-order chi connectivity index (χ0) is 20.4. The molecule has 27 heavy (non-hydrogen) atoms. The van der Waals surface area contributed by atoms with Crippen molar-refractivity contribution in [2.75, 3.05) is 11.3 Å². The number of carbonyl (C=O) groups is 1. The first kappa shape index (κ1) is 21.0. The number of rotatable bonds is 6. The number of amides is 1. The minimum Gasteiger partial charge on any atom is -0.352 e. The Morgan fingerprint density at radius 2 is 1.41 bits per heavy atom. The average molecular weight is 389 g/mol. The van der Waals surface area contributed by atoms with E-state index in [1.165, 1.54) is 0 Å². The van der Waals surface area contributed by atoms with Crippen LogP contribution in [0.1, 0.15) is 51.5 Å². The second-order valence-corrected chi connectivity index (χ2v) is 8.48. The number of hydrogen-bond donors (Lipinski definition) is 2. The molecule has 0 aromatic heterocycles. The number of hydrogen-bond acceptors (Lipinski definition) is 3. The van der Waals surface area contributed by atoms with Gasteiger partial charge in [0.25, 0.3) is 15.9 Å². The van der Waals surface area contributed by atoms with Crippen molar-refractivity contribution in [2.45, 2.75) is 52.9 Å². The number of para-hydroxylation sites is 1. The first-order valence-electron chi connectivity index (χ1n) is 9.08. The lowest BCUT2D eigenvalue weighted by Crippen LogP contribution is -2.26. The average Bonchev–Trinajstić information content (AvgIpc) is 2.62. The lowest BCUT2D eigenvalue weighted by atomic mass is 9.95. The highest BCUT2D eigenvalue weighted by Gasteiger charge is 2.25. The van der Waals surface area contributed by atoms with Gasteiger partial charge in [0.2, 0.25) is 0 Å². The highest BCUT2D eigenvalue weighted by Crippen LogP contribution is 2.31. The zero-order valence-electron chi connectivity index (χ0n) is 16.9. The van der Waals surface area contributed by atoms with E-state index >= 15 is 0 Å². The summed E-state index contributed by atoms with van der Waals surface area (Å²) < 4.78 is 29.0. The molecule has 0 heterocycles. The quantitative estimate of drug-likeness (QED) is 0.780. The van der Waals surface area contributed by atoms with E-state index in [0.717, 1.165) is 34.2 Å². The van der Waals surface area contributed by atoms with Crippen LogP contribution >= 0.6 is 0 Å². The van der Waals surface area contributed by atoms with Crippen molar-refractivity contribution in [3.8, 4) is 0 Å². The molecule has 6 heteroatoms. The van der Waals surface area contributed by atoms with Crippen LogP contribution in [0.25, 0.3) is 0 Å². The third kappa shape index (κ3) is 4.16. The topological polar surface area (TPSA) is 75.3 Å². The van der Waals surface area contributed by atoms with Gasteiger partial charge in [-0.05, 0) is 81.0 Å². The van der Waals surface area contributed by atoms with Gasteiger partial charge >= 0.3 is 0 Å². The molecule has 0 aliphatic rings. The molecule has 0 saturated carbocycles. The number of anilines is 1. The Balaban J connectivity index is 2.52. The number of sulfonamides is 1. The van der Waals surface area contributed by atoms with Gasteiger partial charge in [0, 0.05) is 6.54 Å². The highest BCUT2D eigenvalue weighted by molar-refractivity contribution is 7.92. The molecule has 2 aromatic rings. The van der Waals surface area contributed by atoms with E-state index in [4.69, 9.17) is 0 Å². The first-order chi connectivity index (χ1) is 12.6. The van der Waals surface area contributed by atoms with Gasteiger partial charge in [-0.3, -0.25) is 9.52 Å². The van der Waals surface area contributed by atoms with Gasteiger partial charge in [0.1, 0.15) is 0 Å². The lowest BCUT2D eigenvalue weighted by molar-refractivity contribution is 0.0954. The summed E-state index contributed by atoms with van der Waals surface area (Å²) in [6, 6.07) is 6.65. The van der Waals surface area contributed by atoms with Crippen molar-refractivity contribution in [2.24, 2.45) is 0 Å². The third-order valence-electron chi connectivity index (χ3n) is 5.15. The Labute approximate surface area is 162 Å². The molecule has 0 aliphatic carbocycles. The largest absolute Gasteiger partial charge is 0.352 e. The van der Waals surface area contributed by atoms with E-state index in [0.29, 0.717) is 12.1 Å². The Morgan fingerprint density at radius 1 is 0.889 bits per heavy atom. The van der Waals surface area contributed by atoms with E-state index in [1.807, 2.05) is 41.5 Å². The monoisotopic (exact) mass is 388 g/mol. The third-order valence-corrected chi connectivity index (χ3v) is 6.79. The second kappa shape index (κ2) is 8.13. The molecule has 146 valence electrons. The molecule has 2 rings (SSSR count). The predicted molar refractivity (Wildman–Crippen MR) is 110 cm³/mol. The molecule has 0 spiro atoms. The molecule has 0 bridgehead atoms. The lowest BCUT2D eigenvalue weighted by Gasteiger charge is -2.20. The molecule has 0 fully saturated rings. The van der Waals surface area contributed by atoms with Gasteiger partial charge in [0.15, 0.2) is 0 Å². The van der Waals surface area contributed by atoms with Crippen LogP contribution in [0.2, 0.25) is 0 Å². The summed E-state index contributed by atoms with van der Waals surface area (Å²) in [5.74, 6) is -0.292. The molecule has 2 aromatic carbocycles. The van der Waals surface area contributed by atoms with Gasteiger partial charge in [-0.25, -0.2) is 8.42 Å². The van der Waals surface area contributed by atoms with Crippen molar-refractivity contribution >= 4 is 21.6 Å². The summed E-state index contributed by atoms with van der Waals surface area (Å²) >= 11 is 0. The maximum absolute atomic E-state index is 13.2. The van der Waals surface area contributed by atoms with Crippen LogP contribution in [0, 0.1) is 34.6 Å². The van der Waals surface area contributed by atoms with E-state index in [2.05, 4.69) is 10.0 Å². The van der Waals surface area contributed by atoms with Gasteiger partial charge in [0.05, 0.1) is 16.1 Å². The molecule has 1 amide bonds. The first-order valence-corrected chi connectivity index (χ1v) is 10.6. The summed E-state index contributed by atoms with van der Waals surface area (Å²) in [6.45, 7) is 12.0. The standard InChI is InChI=1S/C21H28N2O3S/c1-7-12-22-21(24)18-10-8-9-11-19(18)23-27(25,26)20-16(5)14(3)13(2)15(4)17(20)6/h8-11,23H,7,12H2,1-6H3,(H,22,24). The fourth-order valence-corrected chi connectivity index (χ4v) is 4.85. The molecule has 5 nitrogen and oxygen atoms in total. The zero-order valence-corrected chi connectivity index (χ0v) is 17.7. The summed E-state index contributed by atoms with van der Waals surface area (Å²) in [6.07, 6.45) is 0.805. The molecule has 0 radical (unpaired) electrons. The molecule has 0 unspecified atom stereocenters. The maximum Gasteiger partial charge on any atom is 0.262 e. The molecular formula is C21H28N2O3S. The Hall–Kier alpha value is -2.34. The summed E-state index contributed by atoms with van der Waals surface area (Å²) in [5.41, 5.74) is 5.08. The van der Waals surface area contributed by atoms with Crippen molar-refractivity contribution in [3.05, 3.63) is 57.6 Å². The minimum atomic E-state index is -3.84. The fraction of sp³-hybridized carbons (Fsp3) is 0.381. The Kier molecular flexibility index (Phi) is 6.31. The minimum absolute atomic E-state index is 0.279. The molecule has 0 aliphatic heterocycles. The number of carbonyl (C=O) groups excluding carboxylic acids is 1. The van der Waals surface area contributed by atoms with Crippen LogP contribution in [0.15, 0.2) is 29.2 Å². The summed E-state index contributed by atoms with van der Waals surface area (Å²) in [5, 5.41) is 2.79. The number of nitrogens with one attached hydrogen (secondary N) is 2. The van der Waals surface area contributed by atoms with Crippen LogP contribution in [-0.2, 0) is 10.0 Å². The van der Waals surface area contributed by atoms with Gasteiger partial charge in [-0.2, -0.15) is 0 Å². The molecule has 0 saturated heterocycles. The number of benzene rings is 2. The SMILES string of the molecule is CCCNC(=O)c1ccccc1NS(=O)(=O)c1c(C)c(C)c(C)c(C)c1C. The van der Waals surface area contributed by atoms with Crippen LogP contribution in [0.4, 0.5) is 5.69 Å².